The fraction of sp³-hybridized carbons (Fsp3) is 0.0800. The molecule has 0 aliphatic rings. The maximum atomic E-state index is 13.5. The summed E-state index contributed by atoms with van der Waals surface area (Å²) in [6.07, 6.45) is -1.06. The van der Waals surface area contributed by atoms with Gasteiger partial charge in [-0.15, -0.1) is 0 Å². The number of amides is 1. The second-order valence-corrected chi connectivity index (χ2v) is 8.16. The van der Waals surface area contributed by atoms with Gasteiger partial charge < -0.3 is 14.8 Å². The van der Waals surface area contributed by atoms with Crippen molar-refractivity contribution in [2.75, 3.05) is 7.11 Å². The van der Waals surface area contributed by atoms with Gasteiger partial charge in [-0.3, -0.25) is 14.2 Å². The third-order valence-electron chi connectivity index (χ3n) is 5.15. The largest absolute Gasteiger partial charge is 0.514 e. The molecule has 0 unspecified atom stereocenters. The second kappa shape index (κ2) is 10.2. The van der Waals surface area contributed by atoms with Crippen molar-refractivity contribution in [1.29, 1.82) is 0 Å². The van der Waals surface area contributed by atoms with E-state index < -0.39 is 23.3 Å². The summed E-state index contributed by atoms with van der Waals surface area (Å²) in [6, 6.07) is 17.0. The number of carbonyl (C=O) groups excluding carboxylic acids is 2. The molecule has 0 atom stereocenters. The Bertz CT molecular complexity index is 1510. The first-order chi connectivity index (χ1) is 16.8. The van der Waals surface area contributed by atoms with E-state index in [1.807, 2.05) is 0 Å². The molecule has 35 heavy (non-hydrogen) atoms. The van der Waals surface area contributed by atoms with E-state index >= 15 is 0 Å². The number of para-hydroxylation sites is 1. The lowest BCUT2D eigenvalue weighted by Gasteiger charge is -2.20. The number of rotatable bonds is 5. The van der Waals surface area contributed by atoms with Gasteiger partial charge in [0.25, 0.3) is 5.91 Å². The lowest BCUT2D eigenvalue weighted by atomic mass is 10.1. The molecule has 1 aromatic heterocycles. The highest BCUT2D eigenvalue weighted by Crippen LogP contribution is 2.29. The topological polar surface area (TPSA) is 86.6 Å². The van der Waals surface area contributed by atoms with Gasteiger partial charge in [0, 0.05) is 21.7 Å². The maximum absolute atomic E-state index is 13.5. The quantitative estimate of drug-likeness (QED) is 0.354. The molecule has 0 fully saturated rings. The smallest absolute Gasteiger partial charge is 0.437 e. The van der Waals surface area contributed by atoms with E-state index in [1.54, 1.807) is 48.5 Å². The minimum atomic E-state index is -1.06. The lowest BCUT2D eigenvalue weighted by Crippen LogP contribution is -2.29. The van der Waals surface area contributed by atoms with Crippen LogP contribution < -0.4 is 15.5 Å². The number of nitrogens with one attached hydrogen (secondary N) is 1. The van der Waals surface area contributed by atoms with Crippen LogP contribution in [0.5, 0.6) is 5.88 Å². The van der Waals surface area contributed by atoms with Gasteiger partial charge in [0.2, 0.25) is 5.88 Å². The van der Waals surface area contributed by atoms with Crippen molar-refractivity contribution in [2.45, 2.75) is 6.54 Å². The number of hydrogen-bond acceptors (Lipinski definition) is 5. The van der Waals surface area contributed by atoms with Gasteiger partial charge in [0.1, 0.15) is 5.82 Å². The van der Waals surface area contributed by atoms with Gasteiger partial charge in [-0.25, -0.2) is 9.18 Å². The zero-order chi connectivity index (χ0) is 25.1. The van der Waals surface area contributed by atoms with Crippen LogP contribution in [-0.4, -0.2) is 23.7 Å². The number of ether oxygens (including phenoxy) is 2. The Hall–Kier alpha value is -3.88. The molecule has 7 nitrogen and oxygen atoms in total. The molecule has 1 N–H and O–H groups in total. The summed E-state index contributed by atoms with van der Waals surface area (Å²) in [5.74, 6) is -1.44. The summed E-state index contributed by atoms with van der Waals surface area (Å²) in [4.78, 5) is 38.3. The Morgan fingerprint density at radius 3 is 2.46 bits per heavy atom. The Morgan fingerprint density at radius 2 is 1.77 bits per heavy atom. The normalized spacial score (nSPS) is 10.7. The van der Waals surface area contributed by atoms with Crippen molar-refractivity contribution >= 4 is 46.2 Å². The van der Waals surface area contributed by atoms with Crippen molar-refractivity contribution in [2.24, 2.45) is 0 Å². The van der Waals surface area contributed by atoms with Crippen LogP contribution in [0.2, 0.25) is 10.0 Å². The maximum Gasteiger partial charge on any atom is 0.514 e. The van der Waals surface area contributed by atoms with E-state index in [2.05, 4.69) is 10.1 Å². The summed E-state index contributed by atoms with van der Waals surface area (Å²) in [6.45, 7) is -0.315. The standard InChI is InChI=1S/C25H17Cl2FN2O5/c1-34-25(33)35-24-18(13-29-23(32)14-7-10-20(28)19(27)11-14)22(31)17-9-8-15(26)12-21(17)30(24)16-5-3-2-4-6-16/h2-12H,13H2,1H3,(H,29,32). The van der Waals surface area contributed by atoms with E-state index in [9.17, 15) is 18.8 Å². The summed E-state index contributed by atoms with van der Waals surface area (Å²) in [7, 11) is 1.13. The van der Waals surface area contributed by atoms with Crippen LogP contribution in [-0.2, 0) is 11.3 Å². The fourth-order valence-electron chi connectivity index (χ4n) is 3.51. The summed E-state index contributed by atoms with van der Waals surface area (Å²) < 4.78 is 25.1. The van der Waals surface area contributed by atoms with E-state index in [1.165, 1.54) is 16.7 Å². The summed E-state index contributed by atoms with van der Waals surface area (Å²) >= 11 is 12.0. The van der Waals surface area contributed by atoms with Gasteiger partial charge in [0.05, 0.1) is 29.8 Å². The number of hydrogen-bond donors (Lipinski definition) is 1. The van der Waals surface area contributed by atoms with Crippen LogP contribution in [0.1, 0.15) is 15.9 Å². The Morgan fingerprint density at radius 1 is 1.03 bits per heavy atom. The van der Waals surface area contributed by atoms with Gasteiger partial charge >= 0.3 is 6.16 Å². The zero-order valence-electron chi connectivity index (χ0n) is 18.2. The first kappa shape index (κ1) is 24.3. The number of carbonyl (C=O) groups is 2. The van der Waals surface area contributed by atoms with E-state index in [-0.39, 0.29) is 34.0 Å². The molecule has 1 heterocycles. The molecule has 0 aliphatic heterocycles. The molecule has 1 amide bonds. The third kappa shape index (κ3) is 4.99. The number of pyridine rings is 1. The number of benzene rings is 3. The summed E-state index contributed by atoms with van der Waals surface area (Å²) in [5, 5.41) is 3.02. The third-order valence-corrected chi connectivity index (χ3v) is 5.67. The zero-order valence-corrected chi connectivity index (χ0v) is 19.7. The Labute approximate surface area is 208 Å². The number of fused-ring (bicyclic) bond motifs is 1. The molecule has 0 saturated carbocycles. The molecular formula is C25H17Cl2FN2O5. The molecule has 0 bridgehead atoms. The van der Waals surface area contributed by atoms with Crippen LogP contribution >= 0.6 is 23.2 Å². The molecule has 4 rings (SSSR count). The summed E-state index contributed by atoms with van der Waals surface area (Å²) in [5.41, 5.74) is 0.531. The number of methoxy groups -OCH3 is 1. The van der Waals surface area contributed by atoms with Crippen LogP contribution in [0.15, 0.2) is 71.5 Å². The highest BCUT2D eigenvalue weighted by atomic mass is 35.5. The molecule has 0 spiro atoms. The second-order valence-electron chi connectivity index (χ2n) is 7.31. The van der Waals surface area contributed by atoms with E-state index in [0.29, 0.717) is 16.2 Å². The SMILES string of the molecule is COC(=O)Oc1c(CNC(=O)c2ccc(F)c(Cl)c2)c(=O)c2ccc(Cl)cc2n1-c1ccccc1. The van der Waals surface area contributed by atoms with Crippen LogP contribution in [0.25, 0.3) is 16.6 Å². The number of aromatic nitrogens is 1. The molecule has 0 saturated heterocycles. The minimum absolute atomic E-state index is 0.0179. The van der Waals surface area contributed by atoms with Gasteiger partial charge in [-0.1, -0.05) is 41.4 Å². The van der Waals surface area contributed by atoms with Gasteiger partial charge in [-0.05, 0) is 48.5 Å². The van der Waals surface area contributed by atoms with Crippen molar-refractivity contribution < 1.29 is 23.5 Å². The van der Waals surface area contributed by atoms with Crippen LogP contribution in [0.4, 0.5) is 9.18 Å². The Kier molecular flexibility index (Phi) is 7.04. The molecule has 0 radical (unpaired) electrons. The van der Waals surface area contributed by atoms with Gasteiger partial charge in [-0.2, -0.15) is 0 Å². The predicted octanol–water partition coefficient (Wildman–Crippen LogP) is 5.51. The van der Waals surface area contributed by atoms with E-state index in [4.69, 9.17) is 27.9 Å². The molecule has 3 aromatic carbocycles. The van der Waals surface area contributed by atoms with Crippen LogP contribution in [0, 0.1) is 5.82 Å². The Balaban J connectivity index is 1.89. The predicted molar refractivity (Wildman–Crippen MR) is 130 cm³/mol. The molecule has 10 heteroatoms. The van der Waals surface area contributed by atoms with Crippen molar-refractivity contribution in [3.8, 4) is 11.6 Å². The average molecular weight is 515 g/mol. The lowest BCUT2D eigenvalue weighted by molar-refractivity contribution is 0.0950. The average Bonchev–Trinajstić information content (AvgIpc) is 2.85. The number of nitrogens with zero attached hydrogens (tertiary/aromatic N) is 1. The molecule has 178 valence electrons. The number of halogens is 3. The van der Waals surface area contributed by atoms with Crippen molar-refractivity contribution in [3.63, 3.8) is 0 Å². The molecule has 4 aromatic rings. The first-order valence-electron chi connectivity index (χ1n) is 10.2. The molecular weight excluding hydrogens is 498 g/mol. The monoisotopic (exact) mass is 514 g/mol. The van der Waals surface area contributed by atoms with Crippen molar-refractivity contribution in [1.82, 2.24) is 9.88 Å². The van der Waals surface area contributed by atoms with Gasteiger partial charge in [0.15, 0.2) is 5.43 Å². The van der Waals surface area contributed by atoms with Crippen LogP contribution in [0.3, 0.4) is 0 Å². The molecule has 0 aliphatic carbocycles. The highest BCUT2D eigenvalue weighted by molar-refractivity contribution is 6.31. The van der Waals surface area contributed by atoms with E-state index in [0.717, 1.165) is 13.2 Å². The van der Waals surface area contributed by atoms with Crippen molar-refractivity contribution in [3.05, 3.63) is 104 Å². The first-order valence-corrected chi connectivity index (χ1v) is 11.0. The fourth-order valence-corrected chi connectivity index (χ4v) is 3.86. The minimum Gasteiger partial charge on any atom is -0.437 e. The highest BCUT2D eigenvalue weighted by Gasteiger charge is 2.23.